The van der Waals surface area contributed by atoms with E-state index in [9.17, 15) is 0 Å². The summed E-state index contributed by atoms with van der Waals surface area (Å²) in [7, 11) is 1.65. The maximum atomic E-state index is 4.95. The minimum Gasteiger partial charge on any atom is -0.374 e. The zero-order valence-electron chi connectivity index (χ0n) is 8.89. The lowest BCUT2D eigenvalue weighted by Gasteiger charge is -1.97. The summed E-state index contributed by atoms with van der Waals surface area (Å²) < 4.78 is 6.69. The van der Waals surface area contributed by atoms with Gasteiger partial charge in [-0.25, -0.2) is 9.50 Å². The Bertz CT molecular complexity index is 482. The molecule has 6 heteroatoms. The molecule has 2 rings (SSSR count). The molecule has 0 amide bonds. The Hall–Kier alpha value is -1.14. The summed E-state index contributed by atoms with van der Waals surface area (Å²) in [5.41, 5.74) is 1.99. The molecule has 0 saturated carbocycles. The lowest BCUT2D eigenvalue weighted by atomic mass is 10.4. The van der Waals surface area contributed by atoms with Crippen LogP contribution in [0.2, 0.25) is 0 Å². The largest absolute Gasteiger partial charge is 0.374 e. The number of nitrogens with zero attached hydrogens (tertiary/aromatic N) is 4. The quantitative estimate of drug-likeness (QED) is 0.583. The second kappa shape index (κ2) is 4.16. The van der Waals surface area contributed by atoms with Gasteiger partial charge in [0.1, 0.15) is 0 Å². The van der Waals surface area contributed by atoms with Crippen LogP contribution in [-0.4, -0.2) is 32.6 Å². The Balaban J connectivity index is 2.41. The van der Waals surface area contributed by atoms with Crippen LogP contribution in [0.1, 0.15) is 11.4 Å². The van der Waals surface area contributed by atoms with E-state index in [0.717, 1.165) is 11.4 Å². The van der Waals surface area contributed by atoms with Gasteiger partial charge in [-0.15, -0.1) is 5.10 Å². The monoisotopic (exact) mass is 224 g/mol. The van der Waals surface area contributed by atoms with Crippen molar-refractivity contribution in [1.82, 2.24) is 19.6 Å². The number of thioether (sulfide) groups is 1. The van der Waals surface area contributed by atoms with Crippen molar-refractivity contribution in [2.24, 2.45) is 0 Å². The molecule has 0 aromatic carbocycles. The number of fused-ring (bicyclic) bond motifs is 1. The molecule has 0 radical (unpaired) electrons. The van der Waals surface area contributed by atoms with Crippen LogP contribution in [0.25, 0.3) is 5.78 Å². The number of hydrogen-bond acceptors (Lipinski definition) is 5. The van der Waals surface area contributed by atoms with Crippen LogP contribution >= 0.6 is 11.8 Å². The minimum absolute atomic E-state index is 0.551. The highest BCUT2D eigenvalue weighted by molar-refractivity contribution is 7.99. The summed E-state index contributed by atoms with van der Waals surface area (Å²) >= 11 is 1.46. The fourth-order valence-corrected chi connectivity index (χ4v) is 1.83. The van der Waals surface area contributed by atoms with Crippen LogP contribution in [-0.2, 0) is 4.74 Å². The Morgan fingerprint density at radius 3 is 2.93 bits per heavy atom. The highest BCUT2D eigenvalue weighted by Gasteiger charge is 2.07. The second-order valence-corrected chi connectivity index (χ2v) is 4.09. The molecule has 0 saturated heterocycles. The molecule has 0 unspecified atom stereocenters. The number of rotatable bonds is 3. The minimum atomic E-state index is 0.551. The predicted molar refractivity (Wildman–Crippen MR) is 58.0 cm³/mol. The van der Waals surface area contributed by atoms with E-state index in [2.05, 4.69) is 15.1 Å². The molecule has 15 heavy (non-hydrogen) atoms. The average molecular weight is 224 g/mol. The molecule has 2 heterocycles. The second-order valence-electron chi connectivity index (χ2n) is 3.20. The predicted octanol–water partition coefficient (Wildman–Crippen LogP) is 1.44. The van der Waals surface area contributed by atoms with Gasteiger partial charge < -0.3 is 4.74 Å². The molecule has 2 aromatic rings. The Labute approximate surface area is 91.9 Å². The molecule has 0 bridgehead atoms. The van der Waals surface area contributed by atoms with Crippen molar-refractivity contribution >= 4 is 17.5 Å². The molecular weight excluding hydrogens is 212 g/mol. The number of aryl methyl sites for hydroxylation is 2. The van der Waals surface area contributed by atoms with E-state index >= 15 is 0 Å². The first-order valence-electron chi connectivity index (χ1n) is 4.53. The zero-order valence-corrected chi connectivity index (χ0v) is 9.71. The highest BCUT2D eigenvalue weighted by atomic mass is 32.2. The molecule has 0 spiro atoms. The van der Waals surface area contributed by atoms with Gasteiger partial charge in [-0.1, -0.05) is 11.8 Å². The highest BCUT2D eigenvalue weighted by Crippen LogP contribution is 2.14. The first-order valence-corrected chi connectivity index (χ1v) is 5.52. The van der Waals surface area contributed by atoms with Gasteiger partial charge in [-0.05, 0) is 19.9 Å². The maximum absolute atomic E-state index is 4.95. The van der Waals surface area contributed by atoms with Crippen molar-refractivity contribution < 1.29 is 4.74 Å². The summed E-state index contributed by atoms with van der Waals surface area (Å²) in [5, 5.41) is 5.01. The fraction of sp³-hybridized carbons (Fsp3) is 0.444. The van der Waals surface area contributed by atoms with Gasteiger partial charge in [0, 0.05) is 18.5 Å². The Morgan fingerprint density at radius 2 is 2.20 bits per heavy atom. The summed E-state index contributed by atoms with van der Waals surface area (Å²) in [5.74, 6) is 1.20. The van der Waals surface area contributed by atoms with Gasteiger partial charge in [-0.2, -0.15) is 4.98 Å². The topological polar surface area (TPSA) is 52.3 Å². The molecule has 2 aromatic heterocycles. The van der Waals surface area contributed by atoms with Crippen molar-refractivity contribution in [1.29, 1.82) is 0 Å². The molecule has 5 nitrogen and oxygen atoms in total. The SMILES string of the molecule is COCSc1nc2nc(C)cc(C)n2n1. The summed E-state index contributed by atoms with van der Waals surface area (Å²) in [6, 6.07) is 1.98. The molecule has 80 valence electrons. The maximum Gasteiger partial charge on any atom is 0.253 e. The Morgan fingerprint density at radius 1 is 1.40 bits per heavy atom. The Kier molecular flexibility index (Phi) is 2.88. The smallest absolute Gasteiger partial charge is 0.253 e. The zero-order chi connectivity index (χ0) is 10.8. The van der Waals surface area contributed by atoms with E-state index < -0.39 is 0 Å². The number of methoxy groups -OCH3 is 1. The third-order valence-corrected chi connectivity index (χ3v) is 2.69. The summed E-state index contributed by atoms with van der Waals surface area (Å²) in [6.07, 6.45) is 0. The first-order chi connectivity index (χ1) is 7.20. The fourth-order valence-electron chi connectivity index (χ4n) is 1.32. The van der Waals surface area contributed by atoms with Gasteiger partial charge >= 0.3 is 0 Å². The van der Waals surface area contributed by atoms with Gasteiger partial charge in [0.05, 0.1) is 5.94 Å². The van der Waals surface area contributed by atoms with E-state index in [1.54, 1.807) is 11.6 Å². The molecule has 0 atom stereocenters. The van der Waals surface area contributed by atoms with Crippen molar-refractivity contribution in [3.63, 3.8) is 0 Å². The molecule has 0 aliphatic heterocycles. The van der Waals surface area contributed by atoms with Crippen LogP contribution in [0.15, 0.2) is 11.2 Å². The van der Waals surface area contributed by atoms with Gasteiger partial charge in [0.25, 0.3) is 5.78 Å². The van der Waals surface area contributed by atoms with Crippen molar-refractivity contribution in [3.05, 3.63) is 17.5 Å². The van der Waals surface area contributed by atoms with E-state index in [0.29, 0.717) is 16.9 Å². The summed E-state index contributed by atoms with van der Waals surface area (Å²) in [4.78, 5) is 8.60. The van der Waals surface area contributed by atoms with Gasteiger partial charge in [0.15, 0.2) is 0 Å². The molecule has 0 N–H and O–H groups in total. The van der Waals surface area contributed by atoms with Crippen LogP contribution in [0.5, 0.6) is 0 Å². The third-order valence-electron chi connectivity index (χ3n) is 1.90. The average Bonchev–Trinajstić information content (AvgIpc) is 2.57. The van der Waals surface area contributed by atoms with E-state index in [1.807, 2.05) is 19.9 Å². The van der Waals surface area contributed by atoms with E-state index in [1.165, 1.54) is 11.8 Å². The van der Waals surface area contributed by atoms with Crippen molar-refractivity contribution in [3.8, 4) is 0 Å². The molecule has 0 fully saturated rings. The number of hydrogen-bond donors (Lipinski definition) is 0. The molecule has 0 aliphatic carbocycles. The number of aromatic nitrogens is 4. The normalized spacial score (nSPS) is 11.1. The van der Waals surface area contributed by atoms with Crippen LogP contribution < -0.4 is 0 Å². The number of ether oxygens (including phenoxy) is 1. The van der Waals surface area contributed by atoms with Crippen LogP contribution in [0.3, 0.4) is 0 Å². The first kappa shape index (κ1) is 10.4. The van der Waals surface area contributed by atoms with Crippen LogP contribution in [0, 0.1) is 13.8 Å². The lowest BCUT2D eigenvalue weighted by Crippen LogP contribution is -1.97. The summed E-state index contributed by atoms with van der Waals surface area (Å²) in [6.45, 7) is 3.94. The standard InChI is InChI=1S/C9H12N4OS/c1-6-4-7(2)13-8(10-6)11-9(12-13)15-5-14-3/h4H,5H2,1-3H3. The van der Waals surface area contributed by atoms with Crippen molar-refractivity contribution in [2.45, 2.75) is 19.0 Å². The van der Waals surface area contributed by atoms with E-state index in [-0.39, 0.29) is 0 Å². The molecule has 0 aliphatic rings. The van der Waals surface area contributed by atoms with Gasteiger partial charge in [-0.3, -0.25) is 0 Å². The van der Waals surface area contributed by atoms with Crippen LogP contribution in [0.4, 0.5) is 0 Å². The third kappa shape index (κ3) is 2.10. The van der Waals surface area contributed by atoms with E-state index in [4.69, 9.17) is 4.74 Å². The van der Waals surface area contributed by atoms with Gasteiger partial charge in [0.2, 0.25) is 5.16 Å². The molecular formula is C9H12N4OS. The van der Waals surface area contributed by atoms with Crippen molar-refractivity contribution in [2.75, 3.05) is 13.0 Å². The lowest BCUT2D eigenvalue weighted by molar-refractivity contribution is 0.258.